The van der Waals surface area contributed by atoms with Crippen LogP contribution in [0.4, 0.5) is 0 Å². The summed E-state index contributed by atoms with van der Waals surface area (Å²) in [5.74, 6) is 0. The van der Waals surface area contributed by atoms with Crippen molar-refractivity contribution in [1.82, 2.24) is 19.4 Å². The van der Waals surface area contributed by atoms with Gasteiger partial charge in [-0.3, -0.25) is 4.68 Å². The van der Waals surface area contributed by atoms with Gasteiger partial charge < -0.3 is 5.32 Å². The monoisotopic (exact) mass is 376 g/mol. The van der Waals surface area contributed by atoms with Crippen molar-refractivity contribution in [3.8, 4) is 0 Å². The van der Waals surface area contributed by atoms with Crippen molar-refractivity contribution in [3.05, 3.63) is 46.8 Å². The summed E-state index contributed by atoms with van der Waals surface area (Å²) in [5, 5.41) is 7.74. The molecule has 1 N–H and O–H groups in total. The lowest BCUT2D eigenvalue weighted by Crippen LogP contribution is -2.48. The molecule has 1 saturated heterocycles. The molecule has 0 saturated carbocycles. The largest absolute Gasteiger partial charge is 0.313 e. The van der Waals surface area contributed by atoms with Gasteiger partial charge in [0.1, 0.15) is 4.90 Å². The van der Waals surface area contributed by atoms with Crippen LogP contribution in [-0.2, 0) is 23.0 Å². The number of rotatable bonds is 5. The molecule has 1 fully saturated rings. The Kier molecular flexibility index (Phi) is 5.50. The molecule has 1 aromatic carbocycles. The Morgan fingerprint density at radius 2 is 1.88 bits per heavy atom. The van der Waals surface area contributed by atoms with Crippen molar-refractivity contribution in [2.75, 3.05) is 19.6 Å². The number of hydrogen-bond acceptors (Lipinski definition) is 4. The lowest BCUT2D eigenvalue weighted by Gasteiger charge is -2.35. The van der Waals surface area contributed by atoms with E-state index >= 15 is 0 Å². The highest BCUT2D eigenvalue weighted by molar-refractivity contribution is 7.89. The van der Waals surface area contributed by atoms with Gasteiger partial charge in [0, 0.05) is 26.2 Å². The van der Waals surface area contributed by atoms with Crippen LogP contribution < -0.4 is 5.32 Å². The number of nitrogens with zero attached hydrogens (tertiary/aromatic N) is 3. The van der Waals surface area contributed by atoms with E-state index in [0.717, 1.165) is 12.0 Å². The second-order valence-corrected chi connectivity index (χ2v) is 8.57. The topological polar surface area (TPSA) is 67.2 Å². The van der Waals surface area contributed by atoms with Crippen LogP contribution in [0.3, 0.4) is 0 Å². The molecule has 7 heteroatoms. The molecular formula is C19H28N4O2S. The van der Waals surface area contributed by atoms with E-state index in [0.29, 0.717) is 42.5 Å². The first-order valence-electron chi connectivity index (χ1n) is 9.25. The molecule has 1 aliphatic rings. The predicted molar refractivity (Wildman–Crippen MR) is 103 cm³/mol. The van der Waals surface area contributed by atoms with Crippen molar-refractivity contribution in [3.63, 3.8) is 0 Å². The third kappa shape index (κ3) is 3.31. The number of hydrogen-bond donors (Lipinski definition) is 1. The standard InChI is InChI=1S/C19H28N4O2S/c1-5-16-7-9-17(10-8-16)18-13-20-11-12-23(18)26(24,25)19-14(3)21-22(6-2)15(19)4/h7-10,18,20H,5-6,11-13H2,1-4H3. The van der Waals surface area contributed by atoms with E-state index in [4.69, 9.17) is 0 Å². The van der Waals surface area contributed by atoms with Crippen LogP contribution in [0, 0.1) is 13.8 Å². The van der Waals surface area contributed by atoms with Crippen molar-refractivity contribution in [1.29, 1.82) is 0 Å². The third-order valence-corrected chi connectivity index (χ3v) is 7.31. The van der Waals surface area contributed by atoms with Crippen LogP contribution in [0.15, 0.2) is 29.2 Å². The Bertz CT molecular complexity index is 872. The van der Waals surface area contributed by atoms with Crippen LogP contribution in [-0.4, -0.2) is 42.1 Å². The summed E-state index contributed by atoms with van der Waals surface area (Å²) in [5.41, 5.74) is 3.56. The third-order valence-electron chi connectivity index (χ3n) is 5.15. The van der Waals surface area contributed by atoms with E-state index in [1.807, 2.05) is 26.0 Å². The maximum Gasteiger partial charge on any atom is 0.247 e. The van der Waals surface area contributed by atoms with Crippen LogP contribution in [0.25, 0.3) is 0 Å². The van der Waals surface area contributed by atoms with Gasteiger partial charge in [-0.15, -0.1) is 0 Å². The van der Waals surface area contributed by atoms with E-state index in [2.05, 4.69) is 29.5 Å². The maximum absolute atomic E-state index is 13.5. The molecule has 6 nitrogen and oxygen atoms in total. The maximum atomic E-state index is 13.5. The van der Waals surface area contributed by atoms with Gasteiger partial charge in [-0.05, 0) is 38.3 Å². The molecule has 0 amide bonds. The van der Waals surface area contributed by atoms with Crippen LogP contribution in [0.5, 0.6) is 0 Å². The number of benzene rings is 1. The van der Waals surface area contributed by atoms with Crippen LogP contribution >= 0.6 is 0 Å². The van der Waals surface area contributed by atoms with Crippen LogP contribution in [0.2, 0.25) is 0 Å². The quantitative estimate of drug-likeness (QED) is 0.870. The van der Waals surface area contributed by atoms with Crippen molar-refractivity contribution < 1.29 is 8.42 Å². The van der Waals surface area contributed by atoms with Crippen molar-refractivity contribution >= 4 is 10.0 Å². The predicted octanol–water partition coefficient (Wildman–Crippen LogP) is 2.42. The summed E-state index contributed by atoms with van der Waals surface area (Å²) >= 11 is 0. The molecule has 1 unspecified atom stereocenters. The number of aryl methyl sites for hydroxylation is 3. The second kappa shape index (κ2) is 7.50. The summed E-state index contributed by atoms with van der Waals surface area (Å²) in [4.78, 5) is 0.358. The zero-order valence-corrected chi connectivity index (χ0v) is 16.8. The smallest absolute Gasteiger partial charge is 0.247 e. The van der Waals surface area contributed by atoms with Crippen molar-refractivity contribution in [2.45, 2.75) is 51.6 Å². The fourth-order valence-corrected chi connectivity index (χ4v) is 5.70. The molecule has 26 heavy (non-hydrogen) atoms. The Labute approximate surface area is 156 Å². The summed E-state index contributed by atoms with van der Waals surface area (Å²) in [6.45, 7) is 10.1. The van der Waals surface area contributed by atoms with Gasteiger partial charge >= 0.3 is 0 Å². The lowest BCUT2D eigenvalue weighted by atomic mass is 10.0. The molecule has 0 aliphatic carbocycles. The Hall–Kier alpha value is -1.70. The fourth-order valence-electron chi connectivity index (χ4n) is 3.71. The number of piperazine rings is 1. The summed E-state index contributed by atoms with van der Waals surface area (Å²) < 4.78 is 30.4. The van der Waals surface area contributed by atoms with E-state index < -0.39 is 10.0 Å². The van der Waals surface area contributed by atoms with Gasteiger partial charge in [-0.25, -0.2) is 8.42 Å². The fraction of sp³-hybridized carbons (Fsp3) is 0.526. The molecule has 3 rings (SSSR count). The highest BCUT2D eigenvalue weighted by atomic mass is 32.2. The summed E-state index contributed by atoms with van der Waals surface area (Å²) in [7, 11) is -3.62. The van der Waals surface area contributed by atoms with E-state index in [1.54, 1.807) is 15.9 Å². The summed E-state index contributed by atoms with van der Waals surface area (Å²) in [6.07, 6.45) is 0.972. The van der Waals surface area contributed by atoms with Gasteiger partial charge in [0.2, 0.25) is 10.0 Å². The number of sulfonamides is 1. The minimum absolute atomic E-state index is 0.205. The van der Waals surface area contributed by atoms with Crippen LogP contribution in [0.1, 0.15) is 42.4 Å². The zero-order valence-electron chi connectivity index (χ0n) is 16.0. The first-order valence-corrected chi connectivity index (χ1v) is 10.7. The van der Waals surface area contributed by atoms with Crippen molar-refractivity contribution in [2.24, 2.45) is 0 Å². The first kappa shape index (κ1) is 19.1. The van der Waals surface area contributed by atoms with E-state index in [-0.39, 0.29) is 6.04 Å². The molecule has 1 aliphatic heterocycles. The Balaban J connectivity index is 2.02. The SMILES string of the molecule is CCc1ccc(C2CNCCN2S(=O)(=O)c2c(C)nn(CC)c2C)cc1. The highest BCUT2D eigenvalue weighted by Gasteiger charge is 2.37. The van der Waals surface area contributed by atoms with Gasteiger partial charge in [-0.2, -0.15) is 9.40 Å². The molecule has 2 heterocycles. The second-order valence-electron chi connectivity index (χ2n) is 6.75. The highest BCUT2D eigenvalue weighted by Crippen LogP contribution is 2.31. The normalized spacial score (nSPS) is 19.0. The van der Waals surface area contributed by atoms with Gasteiger partial charge in [-0.1, -0.05) is 31.2 Å². The van der Waals surface area contributed by atoms with E-state index in [9.17, 15) is 8.42 Å². The minimum Gasteiger partial charge on any atom is -0.313 e. The summed E-state index contributed by atoms with van der Waals surface area (Å²) in [6, 6.07) is 8.06. The molecule has 0 bridgehead atoms. The average molecular weight is 377 g/mol. The van der Waals surface area contributed by atoms with Gasteiger partial charge in [0.15, 0.2) is 0 Å². The molecule has 1 atom stereocenters. The van der Waals surface area contributed by atoms with Gasteiger partial charge in [0.25, 0.3) is 0 Å². The molecule has 1 aromatic heterocycles. The number of nitrogens with one attached hydrogen (secondary N) is 1. The average Bonchev–Trinajstić information content (AvgIpc) is 2.96. The van der Waals surface area contributed by atoms with E-state index in [1.165, 1.54) is 5.56 Å². The zero-order chi connectivity index (χ0) is 18.9. The first-order chi connectivity index (χ1) is 12.4. The molecule has 2 aromatic rings. The molecule has 0 spiro atoms. The molecule has 142 valence electrons. The molecular weight excluding hydrogens is 348 g/mol. The number of aromatic nitrogens is 2. The molecule has 0 radical (unpaired) electrons. The lowest BCUT2D eigenvalue weighted by molar-refractivity contribution is 0.271. The Morgan fingerprint density at radius 1 is 1.19 bits per heavy atom. The van der Waals surface area contributed by atoms with Gasteiger partial charge in [0.05, 0.1) is 17.4 Å². The minimum atomic E-state index is -3.62. The Morgan fingerprint density at radius 3 is 2.46 bits per heavy atom.